The number of halogens is 2. The smallest absolute Gasteiger partial charge is 0.265 e. The minimum atomic E-state index is -2.73. The normalized spacial score (nSPS) is 13.2. The van der Waals surface area contributed by atoms with Crippen LogP contribution < -0.4 is 15.6 Å². The van der Waals surface area contributed by atoms with Crippen molar-refractivity contribution in [2.45, 2.75) is 6.54 Å². The van der Waals surface area contributed by atoms with Gasteiger partial charge >= 0.3 is 0 Å². The molecule has 2 aromatic rings. The van der Waals surface area contributed by atoms with Crippen molar-refractivity contribution in [2.75, 3.05) is 10.6 Å². The number of carbonyl (C=O) groups excluding carboxylic acids is 1. The van der Waals surface area contributed by atoms with Crippen molar-refractivity contribution in [3.63, 3.8) is 0 Å². The lowest BCUT2D eigenvalue weighted by molar-refractivity contribution is 0.0953. The van der Waals surface area contributed by atoms with Gasteiger partial charge in [-0.1, -0.05) is 6.07 Å². The molecule has 0 saturated heterocycles. The van der Waals surface area contributed by atoms with E-state index in [9.17, 15) is 17.8 Å². The molecule has 0 bridgehead atoms. The number of anilines is 1. The Morgan fingerprint density at radius 1 is 1.25 bits per heavy atom. The Balaban J connectivity index is 2.37. The number of nitrogens with zero attached hydrogens (tertiary/aromatic N) is 1. The van der Waals surface area contributed by atoms with Crippen molar-refractivity contribution in [2.24, 2.45) is 5.84 Å². The van der Waals surface area contributed by atoms with Crippen LogP contribution >= 0.6 is 0 Å². The molecule has 0 heterocycles. The quantitative estimate of drug-likeness (QED) is 0.373. The summed E-state index contributed by atoms with van der Waals surface area (Å²) in [6.07, 6.45) is 1.41. The molecule has 2 aromatic carbocycles. The van der Waals surface area contributed by atoms with Crippen molar-refractivity contribution in [3.05, 3.63) is 65.2 Å². The van der Waals surface area contributed by atoms with E-state index in [1.807, 2.05) is 5.43 Å². The molecular weight excluding hydrogens is 336 g/mol. The molecule has 0 aliphatic rings. The zero-order valence-electron chi connectivity index (χ0n) is 13.0. The summed E-state index contributed by atoms with van der Waals surface area (Å²) in [6.45, 7) is -0.0547. The molecule has 8 heteroatoms. The average molecular weight is 353 g/mol. The van der Waals surface area contributed by atoms with E-state index in [1.54, 1.807) is 0 Å². The van der Waals surface area contributed by atoms with Gasteiger partial charge in [0.05, 0.1) is 6.54 Å². The molecule has 3 N–H and O–H groups in total. The van der Waals surface area contributed by atoms with E-state index in [0.717, 1.165) is 6.07 Å². The van der Waals surface area contributed by atoms with Crippen molar-refractivity contribution in [1.82, 2.24) is 5.43 Å². The molecule has 0 aliphatic carbocycles. The van der Waals surface area contributed by atoms with Gasteiger partial charge in [-0.25, -0.2) is 18.8 Å². The zero-order valence-corrected chi connectivity index (χ0v) is 13.8. The van der Waals surface area contributed by atoms with E-state index in [2.05, 4.69) is 5.87 Å². The lowest BCUT2D eigenvalue weighted by Crippen LogP contribution is -2.31. The van der Waals surface area contributed by atoms with E-state index in [-0.39, 0.29) is 17.7 Å². The second kappa shape index (κ2) is 6.98. The van der Waals surface area contributed by atoms with Crippen LogP contribution in [0.4, 0.5) is 14.5 Å². The molecule has 1 unspecified atom stereocenters. The van der Waals surface area contributed by atoms with Gasteiger partial charge in [0.25, 0.3) is 5.91 Å². The van der Waals surface area contributed by atoms with Crippen molar-refractivity contribution < 1.29 is 17.8 Å². The summed E-state index contributed by atoms with van der Waals surface area (Å²) in [7, 11) is -2.73. The van der Waals surface area contributed by atoms with Crippen LogP contribution in [-0.2, 0) is 16.3 Å². The number of hydrazine groups is 1. The summed E-state index contributed by atoms with van der Waals surface area (Å²) < 4.78 is 41.1. The van der Waals surface area contributed by atoms with Gasteiger partial charge in [0.2, 0.25) is 0 Å². The highest BCUT2D eigenvalue weighted by Gasteiger charge is 2.17. The number of carbonyl (C=O) groups is 1. The number of benzene rings is 2. The topological polar surface area (TPSA) is 75.4 Å². The maximum absolute atomic E-state index is 14.3. The summed E-state index contributed by atoms with van der Waals surface area (Å²) in [5.41, 5.74) is 2.65. The molecule has 0 radical (unpaired) electrons. The summed E-state index contributed by atoms with van der Waals surface area (Å²) in [5.74, 6) is 6.92. The summed E-state index contributed by atoms with van der Waals surface area (Å²) in [4.78, 5) is 11.4. The third kappa shape index (κ3) is 4.09. The Bertz CT molecular complexity index is 852. The van der Waals surface area contributed by atoms with Crippen LogP contribution in [-0.4, -0.2) is 22.2 Å². The van der Waals surface area contributed by atoms with Gasteiger partial charge in [-0.05, 0) is 42.3 Å². The minimum Gasteiger partial charge on any atom is -0.295 e. The van der Waals surface area contributed by atoms with Gasteiger partial charge in [0.1, 0.15) is 11.6 Å². The fraction of sp³-hybridized carbons (Fsp3) is 0.125. The molecular formula is C16H17F2N3O2S. The highest BCUT2D eigenvalue weighted by molar-refractivity contribution is 8.00. The molecule has 0 aromatic heterocycles. The van der Waals surface area contributed by atoms with Crippen molar-refractivity contribution in [1.29, 1.82) is 0 Å². The Hall–Kier alpha value is -2.45. The Labute approximate surface area is 139 Å². The van der Waals surface area contributed by atoms with Crippen LogP contribution in [0, 0.1) is 11.6 Å². The molecule has 0 aliphatic heterocycles. The van der Waals surface area contributed by atoms with Crippen LogP contribution in [0.5, 0.6) is 0 Å². The molecule has 0 saturated carbocycles. The third-order valence-electron chi connectivity index (χ3n) is 3.34. The standard InChI is InChI=1S/C16H17F2N3O2S/c1-24(2,23)21(14-7-5-13(17)6-8-14)10-12-4-3-11(9-15(12)18)16(22)20-19/h3-9H,1,10,19H2,2H3,(H,20,22). The maximum Gasteiger partial charge on any atom is 0.265 e. The number of rotatable bonds is 5. The SMILES string of the molecule is C=S(C)(=O)N(Cc1ccc(C(=O)NN)cc1F)c1ccc(F)cc1. The molecule has 0 spiro atoms. The van der Waals surface area contributed by atoms with E-state index < -0.39 is 27.2 Å². The number of hydrogen-bond acceptors (Lipinski definition) is 3. The molecule has 128 valence electrons. The summed E-state index contributed by atoms with van der Waals surface area (Å²) in [6, 6.07) is 9.18. The largest absolute Gasteiger partial charge is 0.295 e. The number of nitrogen functional groups attached to an aromatic ring is 1. The first-order valence-corrected chi connectivity index (χ1v) is 8.96. The fourth-order valence-electron chi connectivity index (χ4n) is 2.11. The average Bonchev–Trinajstić information content (AvgIpc) is 2.53. The molecule has 1 amide bonds. The Morgan fingerprint density at radius 2 is 1.88 bits per heavy atom. The van der Waals surface area contributed by atoms with Gasteiger partial charge in [-0.15, -0.1) is 0 Å². The van der Waals surface area contributed by atoms with Gasteiger partial charge in [-0.3, -0.25) is 14.5 Å². The zero-order chi connectivity index (χ0) is 17.9. The van der Waals surface area contributed by atoms with E-state index in [0.29, 0.717) is 5.69 Å². The first-order chi connectivity index (χ1) is 11.2. The first-order valence-electron chi connectivity index (χ1n) is 6.87. The van der Waals surface area contributed by atoms with Gasteiger partial charge in [0.15, 0.2) is 0 Å². The Morgan fingerprint density at radius 3 is 2.38 bits per heavy atom. The predicted octanol–water partition coefficient (Wildman–Crippen LogP) is 1.84. The Kier molecular flexibility index (Phi) is 5.20. The fourth-order valence-corrected chi connectivity index (χ4v) is 3.09. The monoisotopic (exact) mass is 353 g/mol. The summed E-state index contributed by atoms with van der Waals surface area (Å²) in [5, 5.41) is 0. The molecule has 0 fully saturated rings. The number of hydrogen-bond donors (Lipinski definition) is 2. The highest BCUT2D eigenvalue weighted by atomic mass is 32.2. The van der Waals surface area contributed by atoms with Crippen molar-refractivity contribution in [3.8, 4) is 0 Å². The van der Waals surface area contributed by atoms with Crippen molar-refractivity contribution >= 4 is 27.2 Å². The van der Waals surface area contributed by atoms with E-state index >= 15 is 0 Å². The second-order valence-electron chi connectivity index (χ2n) is 5.25. The van der Waals surface area contributed by atoms with Crippen LogP contribution in [0.1, 0.15) is 15.9 Å². The van der Waals surface area contributed by atoms with E-state index in [1.165, 1.54) is 47.0 Å². The molecule has 2 rings (SSSR count). The van der Waals surface area contributed by atoms with Crippen LogP contribution in [0.3, 0.4) is 0 Å². The van der Waals surface area contributed by atoms with Crippen LogP contribution in [0.15, 0.2) is 42.5 Å². The highest BCUT2D eigenvalue weighted by Crippen LogP contribution is 2.22. The lowest BCUT2D eigenvalue weighted by atomic mass is 10.1. The predicted molar refractivity (Wildman–Crippen MR) is 91.8 cm³/mol. The third-order valence-corrected chi connectivity index (χ3v) is 4.61. The van der Waals surface area contributed by atoms with E-state index in [4.69, 9.17) is 5.84 Å². The van der Waals surface area contributed by atoms with Gasteiger partial charge in [-0.2, -0.15) is 0 Å². The maximum atomic E-state index is 14.3. The lowest BCUT2D eigenvalue weighted by Gasteiger charge is -2.26. The van der Waals surface area contributed by atoms with Crippen LogP contribution in [0.25, 0.3) is 0 Å². The second-order valence-corrected chi connectivity index (χ2v) is 7.61. The summed E-state index contributed by atoms with van der Waals surface area (Å²) >= 11 is 0. The van der Waals surface area contributed by atoms with Gasteiger partial charge < -0.3 is 0 Å². The minimum absolute atomic E-state index is 0.0547. The first kappa shape index (κ1) is 17.9. The van der Waals surface area contributed by atoms with Gasteiger partial charge in [0, 0.05) is 32.8 Å². The molecule has 1 atom stereocenters. The number of nitrogens with two attached hydrogens (primary N) is 1. The molecule has 5 nitrogen and oxygen atoms in total. The van der Waals surface area contributed by atoms with Crippen LogP contribution in [0.2, 0.25) is 0 Å². The number of nitrogens with one attached hydrogen (secondary N) is 1. The number of amides is 1. The molecule has 24 heavy (non-hydrogen) atoms.